The van der Waals surface area contributed by atoms with Crippen molar-refractivity contribution >= 4 is 8.32 Å². The standard InChI is InChI=1S/C8H17F3OSi/c1-13(2,3)12-7-8(4-9,5-10)6-11/h4-7H2,1-3H3. The zero-order valence-electron chi connectivity index (χ0n) is 8.37. The van der Waals surface area contributed by atoms with Crippen LogP contribution in [0.5, 0.6) is 0 Å². The van der Waals surface area contributed by atoms with Crippen molar-refractivity contribution in [3.05, 3.63) is 0 Å². The summed E-state index contributed by atoms with van der Waals surface area (Å²) < 4.78 is 42.3. The molecule has 0 atom stereocenters. The summed E-state index contributed by atoms with van der Waals surface area (Å²) in [5.41, 5.74) is -1.56. The minimum Gasteiger partial charge on any atom is -0.417 e. The van der Waals surface area contributed by atoms with E-state index in [1.807, 2.05) is 19.6 Å². The Hall–Kier alpha value is -0.0331. The van der Waals surface area contributed by atoms with Gasteiger partial charge in [-0.3, -0.25) is 13.2 Å². The van der Waals surface area contributed by atoms with Gasteiger partial charge in [0.1, 0.15) is 20.0 Å². The Morgan fingerprint density at radius 1 is 1.00 bits per heavy atom. The number of hydrogen-bond donors (Lipinski definition) is 0. The quantitative estimate of drug-likeness (QED) is 0.618. The van der Waals surface area contributed by atoms with E-state index in [1.165, 1.54) is 0 Å². The molecule has 0 aromatic carbocycles. The van der Waals surface area contributed by atoms with E-state index in [2.05, 4.69) is 0 Å². The Kier molecular flexibility index (Phi) is 4.99. The molecule has 0 aliphatic carbocycles. The Balaban J connectivity index is 4.11. The van der Waals surface area contributed by atoms with Gasteiger partial charge in [0.15, 0.2) is 8.32 Å². The van der Waals surface area contributed by atoms with E-state index in [9.17, 15) is 13.2 Å². The molecule has 0 heterocycles. The fraction of sp³-hybridized carbons (Fsp3) is 1.00. The van der Waals surface area contributed by atoms with Crippen molar-refractivity contribution in [1.29, 1.82) is 0 Å². The topological polar surface area (TPSA) is 9.23 Å². The van der Waals surface area contributed by atoms with Crippen LogP contribution in [-0.2, 0) is 4.43 Å². The van der Waals surface area contributed by atoms with Gasteiger partial charge in [-0.2, -0.15) is 0 Å². The lowest BCUT2D eigenvalue weighted by Crippen LogP contribution is -2.39. The summed E-state index contributed by atoms with van der Waals surface area (Å²) in [6.45, 7) is 2.50. The molecule has 0 radical (unpaired) electrons. The summed E-state index contributed by atoms with van der Waals surface area (Å²) in [4.78, 5) is 0. The summed E-state index contributed by atoms with van der Waals surface area (Å²) in [7, 11) is -1.82. The third-order valence-corrected chi connectivity index (χ3v) is 2.67. The summed E-state index contributed by atoms with van der Waals surface area (Å²) in [6, 6.07) is 0. The van der Waals surface area contributed by atoms with E-state index >= 15 is 0 Å². The van der Waals surface area contributed by atoms with Gasteiger partial charge in [0.25, 0.3) is 0 Å². The van der Waals surface area contributed by atoms with Crippen LogP contribution < -0.4 is 0 Å². The predicted octanol–water partition coefficient (Wildman–Crippen LogP) is 2.73. The monoisotopic (exact) mass is 214 g/mol. The lowest BCUT2D eigenvalue weighted by atomic mass is 9.95. The van der Waals surface area contributed by atoms with Gasteiger partial charge in [-0.1, -0.05) is 0 Å². The number of alkyl halides is 3. The average molecular weight is 214 g/mol. The van der Waals surface area contributed by atoms with Crippen LogP contribution >= 0.6 is 0 Å². The molecule has 80 valence electrons. The van der Waals surface area contributed by atoms with Gasteiger partial charge in [0.2, 0.25) is 0 Å². The fourth-order valence-corrected chi connectivity index (χ4v) is 1.33. The minimum atomic E-state index is -1.82. The zero-order chi connectivity index (χ0) is 10.5. The molecule has 0 N–H and O–H groups in total. The lowest BCUT2D eigenvalue weighted by Gasteiger charge is -2.28. The highest BCUT2D eigenvalue weighted by Gasteiger charge is 2.33. The molecule has 0 saturated carbocycles. The van der Waals surface area contributed by atoms with Gasteiger partial charge in [-0.05, 0) is 19.6 Å². The van der Waals surface area contributed by atoms with Crippen molar-refractivity contribution in [3.8, 4) is 0 Å². The maximum absolute atomic E-state index is 12.3. The maximum atomic E-state index is 12.3. The Morgan fingerprint density at radius 2 is 1.38 bits per heavy atom. The highest BCUT2D eigenvalue weighted by molar-refractivity contribution is 6.69. The molecule has 0 unspecified atom stereocenters. The molecular formula is C8H17F3OSi. The summed E-state index contributed by atoms with van der Waals surface area (Å²) >= 11 is 0. The van der Waals surface area contributed by atoms with E-state index in [0.29, 0.717) is 0 Å². The molecule has 0 aliphatic heterocycles. The molecule has 1 nitrogen and oxygen atoms in total. The van der Waals surface area contributed by atoms with Gasteiger partial charge in [-0.25, -0.2) is 0 Å². The van der Waals surface area contributed by atoms with E-state index in [1.54, 1.807) is 0 Å². The minimum absolute atomic E-state index is 0.160. The highest BCUT2D eigenvalue weighted by atomic mass is 28.4. The molecular weight excluding hydrogens is 197 g/mol. The second kappa shape index (κ2) is 5.00. The molecule has 0 aliphatic rings. The van der Waals surface area contributed by atoms with Crippen LogP contribution in [-0.4, -0.2) is 34.9 Å². The molecule has 0 aromatic rings. The molecule has 0 spiro atoms. The second-order valence-corrected chi connectivity index (χ2v) is 8.82. The average Bonchev–Trinajstić information content (AvgIpc) is 2.06. The van der Waals surface area contributed by atoms with Gasteiger partial charge >= 0.3 is 0 Å². The van der Waals surface area contributed by atoms with E-state index in [0.717, 1.165) is 0 Å². The third-order valence-electron chi connectivity index (χ3n) is 1.66. The Morgan fingerprint density at radius 3 is 1.62 bits per heavy atom. The molecule has 0 fully saturated rings. The molecule has 0 bridgehead atoms. The summed E-state index contributed by atoms with van der Waals surface area (Å²) in [6.07, 6.45) is 0. The van der Waals surface area contributed by atoms with Crippen LogP contribution in [0.15, 0.2) is 0 Å². The van der Waals surface area contributed by atoms with E-state index < -0.39 is 33.8 Å². The first-order chi connectivity index (χ1) is 5.89. The first-order valence-corrected chi connectivity index (χ1v) is 7.62. The normalized spacial score (nSPS) is 13.4. The highest BCUT2D eigenvalue weighted by Crippen LogP contribution is 2.22. The van der Waals surface area contributed by atoms with E-state index in [-0.39, 0.29) is 6.61 Å². The van der Waals surface area contributed by atoms with Gasteiger partial charge in [0, 0.05) is 6.61 Å². The Labute approximate surface area is 78.4 Å². The van der Waals surface area contributed by atoms with Gasteiger partial charge in [0.05, 0.1) is 5.41 Å². The van der Waals surface area contributed by atoms with Gasteiger partial charge in [-0.15, -0.1) is 0 Å². The first kappa shape index (κ1) is 13.0. The SMILES string of the molecule is C[Si](C)(C)OCC(CF)(CF)CF. The van der Waals surface area contributed by atoms with Crippen molar-refractivity contribution < 1.29 is 17.6 Å². The van der Waals surface area contributed by atoms with Crippen LogP contribution in [0.4, 0.5) is 13.2 Å². The van der Waals surface area contributed by atoms with Gasteiger partial charge < -0.3 is 4.43 Å². The lowest BCUT2D eigenvalue weighted by molar-refractivity contribution is 0.0512. The largest absolute Gasteiger partial charge is 0.417 e. The molecule has 0 amide bonds. The molecule has 0 rings (SSSR count). The summed E-state index contributed by atoms with van der Waals surface area (Å²) in [5, 5.41) is 0. The van der Waals surface area contributed by atoms with Crippen LogP contribution in [0, 0.1) is 5.41 Å². The molecule has 0 aromatic heterocycles. The third kappa shape index (κ3) is 4.66. The maximum Gasteiger partial charge on any atom is 0.183 e. The zero-order valence-corrected chi connectivity index (χ0v) is 9.37. The first-order valence-electron chi connectivity index (χ1n) is 4.21. The van der Waals surface area contributed by atoms with Crippen LogP contribution in [0.1, 0.15) is 0 Å². The Bertz CT molecular complexity index is 135. The summed E-state index contributed by atoms with van der Waals surface area (Å²) in [5.74, 6) is 0. The van der Waals surface area contributed by atoms with E-state index in [4.69, 9.17) is 4.43 Å². The molecule has 5 heteroatoms. The van der Waals surface area contributed by atoms with Crippen LogP contribution in [0.25, 0.3) is 0 Å². The molecule has 0 saturated heterocycles. The van der Waals surface area contributed by atoms with Crippen molar-refractivity contribution in [2.75, 3.05) is 26.6 Å². The predicted molar refractivity (Wildman–Crippen MR) is 49.7 cm³/mol. The van der Waals surface area contributed by atoms with Crippen molar-refractivity contribution in [2.45, 2.75) is 19.6 Å². The number of hydrogen-bond acceptors (Lipinski definition) is 1. The van der Waals surface area contributed by atoms with Crippen LogP contribution in [0.2, 0.25) is 19.6 Å². The van der Waals surface area contributed by atoms with Crippen LogP contribution in [0.3, 0.4) is 0 Å². The smallest absolute Gasteiger partial charge is 0.183 e. The molecule has 13 heavy (non-hydrogen) atoms. The second-order valence-electron chi connectivity index (χ2n) is 4.30. The number of rotatable bonds is 6. The van der Waals surface area contributed by atoms with Crippen molar-refractivity contribution in [2.24, 2.45) is 5.41 Å². The fourth-order valence-electron chi connectivity index (χ4n) is 0.592. The number of halogens is 3. The van der Waals surface area contributed by atoms with Crippen molar-refractivity contribution in [1.82, 2.24) is 0 Å². The van der Waals surface area contributed by atoms with Crippen molar-refractivity contribution in [3.63, 3.8) is 0 Å².